The zero-order chi connectivity index (χ0) is 14.0. The first kappa shape index (κ1) is 14.0. The third-order valence-electron chi connectivity index (χ3n) is 2.78. The molecule has 0 radical (unpaired) electrons. The lowest BCUT2D eigenvalue weighted by Crippen LogP contribution is -2.24. The molecule has 0 atom stereocenters. The number of aryl methyl sites for hydroxylation is 2. The average molecular weight is 297 g/mol. The summed E-state index contributed by atoms with van der Waals surface area (Å²) in [6, 6.07) is 5.04. The second-order valence-corrected chi connectivity index (χ2v) is 6.82. The van der Waals surface area contributed by atoms with Crippen LogP contribution in [0.25, 0.3) is 0 Å². The third kappa shape index (κ3) is 2.94. The molecule has 2 aromatic rings. The normalized spacial score (nSPS) is 11.7. The lowest BCUT2D eigenvalue weighted by molar-refractivity contribution is 0.581. The number of hydrogen-bond donors (Lipinski definition) is 2. The van der Waals surface area contributed by atoms with Crippen LogP contribution in [0.15, 0.2) is 28.6 Å². The number of sulfonamides is 1. The van der Waals surface area contributed by atoms with Gasteiger partial charge in [-0.15, -0.1) is 11.3 Å². The number of nitrogen functional groups attached to an aromatic ring is 1. The molecular weight excluding hydrogens is 282 g/mol. The van der Waals surface area contributed by atoms with Crippen molar-refractivity contribution in [2.45, 2.75) is 25.3 Å². The van der Waals surface area contributed by atoms with Gasteiger partial charge in [0.25, 0.3) is 0 Å². The molecule has 0 aliphatic heterocycles. The average Bonchev–Trinajstić information content (AvgIpc) is 2.72. The largest absolute Gasteiger partial charge is 0.398 e. The first-order valence-electron chi connectivity index (χ1n) is 5.65. The summed E-state index contributed by atoms with van der Waals surface area (Å²) in [6.45, 7) is 3.80. The van der Waals surface area contributed by atoms with Crippen LogP contribution in [0.3, 0.4) is 0 Å². The van der Waals surface area contributed by atoms with Gasteiger partial charge in [-0.05, 0) is 25.5 Å². The number of thiazole rings is 1. The molecule has 0 saturated heterocycles. The van der Waals surface area contributed by atoms with E-state index >= 15 is 0 Å². The van der Waals surface area contributed by atoms with Crippen molar-refractivity contribution in [3.63, 3.8) is 0 Å². The van der Waals surface area contributed by atoms with E-state index in [-0.39, 0.29) is 17.1 Å². The van der Waals surface area contributed by atoms with Gasteiger partial charge in [-0.25, -0.2) is 18.1 Å². The van der Waals surface area contributed by atoms with E-state index in [0.29, 0.717) is 5.56 Å². The lowest BCUT2D eigenvalue weighted by Gasteiger charge is -2.11. The summed E-state index contributed by atoms with van der Waals surface area (Å²) in [5, 5.41) is 0. The Morgan fingerprint density at radius 1 is 1.37 bits per heavy atom. The molecule has 0 bridgehead atoms. The molecule has 3 N–H and O–H groups in total. The van der Waals surface area contributed by atoms with Crippen molar-refractivity contribution in [3.05, 3.63) is 39.8 Å². The number of benzene rings is 1. The van der Waals surface area contributed by atoms with E-state index in [0.717, 1.165) is 10.6 Å². The van der Waals surface area contributed by atoms with Gasteiger partial charge in [-0.2, -0.15) is 0 Å². The molecule has 1 aromatic carbocycles. The maximum absolute atomic E-state index is 12.3. The second kappa shape index (κ2) is 5.28. The van der Waals surface area contributed by atoms with E-state index in [2.05, 4.69) is 9.71 Å². The van der Waals surface area contributed by atoms with Crippen molar-refractivity contribution < 1.29 is 8.42 Å². The minimum Gasteiger partial charge on any atom is -0.398 e. The van der Waals surface area contributed by atoms with E-state index < -0.39 is 10.0 Å². The predicted octanol–water partition coefficient (Wildman–Crippen LogP) is 1.82. The van der Waals surface area contributed by atoms with Crippen LogP contribution in [0.5, 0.6) is 0 Å². The maximum Gasteiger partial charge on any atom is 0.243 e. The van der Waals surface area contributed by atoms with Crippen LogP contribution >= 0.6 is 11.3 Å². The highest BCUT2D eigenvalue weighted by Gasteiger charge is 2.20. The van der Waals surface area contributed by atoms with Gasteiger partial charge in [0.15, 0.2) is 0 Å². The molecule has 102 valence electrons. The number of nitrogens with two attached hydrogens (primary N) is 1. The molecule has 1 aromatic heterocycles. The molecule has 0 aliphatic carbocycles. The predicted molar refractivity (Wildman–Crippen MR) is 76.5 cm³/mol. The van der Waals surface area contributed by atoms with Crippen LogP contribution in [-0.2, 0) is 16.6 Å². The highest BCUT2D eigenvalue weighted by molar-refractivity contribution is 7.89. The van der Waals surface area contributed by atoms with E-state index in [1.54, 1.807) is 30.6 Å². The molecule has 0 spiro atoms. The zero-order valence-electron chi connectivity index (χ0n) is 10.7. The molecule has 0 aliphatic rings. The highest BCUT2D eigenvalue weighted by atomic mass is 32.2. The van der Waals surface area contributed by atoms with Crippen LogP contribution in [0, 0.1) is 13.8 Å². The molecule has 7 heteroatoms. The zero-order valence-corrected chi connectivity index (χ0v) is 12.3. The summed E-state index contributed by atoms with van der Waals surface area (Å²) < 4.78 is 27.1. The Hall–Kier alpha value is -1.44. The Morgan fingerprint density at radius 2 is 2.11 bits per heavy atom. The molecule has 0 fully saturated rings. The van der Waals surface area contributed by atoms with E-state index in [1.165, 1.54) is 11.3 Å². The molecule has 19 heavy (non-hydrogen) atoms. The van der Waals surface area contributed by atoms with E-state index in [1.807, 2.05) is 6.92 Å². The van der Waals surface area contributed by atoms with Crippen molar-refractivity contribution in [2.24, 2.45) is 0 Å². The van der Waals surface area contributed by atoms with E-state index in [9.17, 15) is 8.42 Å². The monoisotopic (exact) mass is 297 g/mol. The quantitative estimate of drug-likeness (QED) is 0.843. The van der Waals surface area contributed by atoms with Crippen LogP contribution < -0.4 is 10.5 Å². The summed E-state index contributed by atoms with van der Waals surface area (Å²) in [6.07, 6.45) is 0. The molecule has 2 rings (SSSR count). The molecule has 5 nitrogen and oxygen atoms in total. The maximum atomic E-state index is 12.3. The van der Waals surface area contributed by atoms with Crippen molar-refractivity contribution in [1.29, 1.82) is 0 Å². The Balaban J connectivity index is 2.26. The van der Waals surface area contributed by atoms with Crippen molar-refractivity contribution in [3.8, 4) is 0 Å². The molecule has 0 saturated carbocycles. The van der Waals surface area contributed by atoms with Gasteiger partial charge in [-0.3, -0.25) is 0 Å². The number of hydrogen-bond acceptors (Lipinski definition) is 5. The lowest BCUT2D eigenvalue weighted by atomic mass is 10.2. The van der Waals surface area contributed by atoms with Gasteiger partial charge in [0.1, 0.15) is 4.90 Å². The Labute approximate surface area is 116 Å². The van der Waals surface area contributed by atoms with Crippen LogP contribution in [0.1, 0.15) is 16.1 Å². The van der Waals surface area contributed by atoms with Crippen molar-refractivity contribution in [2.75, 3.05) is 5.73 Å². The Bertz CT molecular complexity index is 673. The highest BCUT2D eigenvalue weighted by Crippen LogP contribution is 2.22. The van der Waals surface area contributed by atoms with Gasteiger partial charge in [0.05, 0.1) is 16.9 Å². The fourth-order valence-electron chi connectivity index (χ4n) is 1.77. The summed E-state index contributed by atoms with van der Waals surface area (Å²) in [5.41, 5.74) is 9.18. The number of aromatic nitrogens is 1. The van der Waals surface area contributed by atoms with Crippen molar-refractivity contribution in [1.82, 2.24) is 9.71 Å². The number of nitrogens with zero attached hydrogens (tertiary/aromatic N) is 1. The van der Waals surface area contributed by atoms with Gasteiger partial charge in [0, 0.05) is 11.4 Å². The Morgan fingerprint density at radius 3 is 2.68 bits per heavy atom. The standard InChI is InChI=1S/C12H15N3O2S2/c1-8-4-3-5-10(13)12(8)19(16,17)15-6-11-9(2)14-7-18-11/h3-5,7,15H,6,13H2,1-2H3. The smallest absolute Gasteiger partial charge is 0.243 e. The fourth-order valence-corrected chi connectivity index (χ4v) is 3.93. The number of nitrogens with one attached hydrogen (secondary N) is 1. The molecule has 0 amide bonds. The minimum atomic E-state index is -3.61. The van der Waals surface area contributed by atoms with Gasteiger partial charge in [0.2, 0.25) is 10.0 Å². The third-order valence-corrected chi connectivity index (χ3v) is 5.33. The second-order valence-electron chi connectivity index (χ2n) is 4.18. The summed E-state index contributed by atoms with van der Waals surface area (Å²) in [5.74, 6) is 0. The summed E-state index contributed by atoms with van der Waals surface area (Å²) in [7, 11) is -3.61. The van der Waals surface area contributed by atoms with Crippen LogP contribution in [0.4, 0.5) is 5.69 Å². The number of rotatable bonds is 4. The van der Waals surface area contributed by atoms with E-state index in [4.69, 9.17) is 5.73 Å². The van der Waals surface area contributed by atoms with Gasteiger partial charge in [-0.1, -0.05) is 12.1 Å². The Kier molecular flexibility index (Phi) is 3.88. The first-order chi connectivity index (χ1) is 8.92. The first-order valence-corrected chi connectivity index (χ1v) is 8.02. The van der Waals surface area contributed by atoms with Crippen LogP contribution in [0.2, 0.25) is 0 Å². The number of anilines is 1. The molecule has 1 heterocycles. The topological polar surface area (TPSA) is 85.1 Å². The fraction of sp³-hybridized carbons (Fsp3) is 0.250. The van der Waals surface area contributed by atoms with Gasteiger partial charge < -0.3 is 5.73 Å². The van der Waals surface area contributed by atoms with Crippen molar-refractivity contribution >= 4 is 27.0 Å². The summed E-state index contributed by atoms with van der Waals surface area (Å²) >= 11 is 1.42. The van der Waals surface area contributed by atoms with Crippen LogP contribution in [-0.4, -0.2) is 13.4 Å². The SMILES string of the molecule is Cc1cccc(N)c1S(=O)(=O)NCc1scnc1C. The molecule has 0 unspecified atom stereocenters. The summed E-state index contributed by atoms with van der Waals surface area (Å²) in [4.78, 5) is 5.13. The molecular formula is C12H15N3O2S2. The minimum absolute atomic E-state index is 0.150. The van der Waals surface area contributed by atoms with Gasteiger partial charge >= 0.3 is 0 Å².